The summed E-state index contributed by atoms with van der Waals surface area (Å²) in [5, 5.41) is 4.34. The molecule has 5 atom stereocenters. The Balaban J connectivity index is 1.46. The minimum Gasteiger partial charge on any atom is -0.426 e. The fraction of sp³-hybridized carbons (Fsp3) is 0.433. The summed E-state index contributed by atoms with van der Waals surface area (Å²) < 4.78 is 97.4. The molecule has 46 heavy (non-hydrogen) atoms. The van der Waals surface area contributed by atoms with Gasteiger partial charge >= 0.3 is 18.4 Å². The Morgan fingerprint density at radius 1 is 1.02 bits per heavy atom. The molecular formula is C30H33F5N4O7. The quantitative estimate of drug-likeness (QED) is 0.177. The van der Waals surface area contributed by atoms with Crippen molar-refractivity contribution in [2.45, 2.75) is 56.8 Å². The molecule has 0 aliphatic carbocycles. The predicted octanol–water partition coefficient (Wildman–Crippen LogP) is 5.78. The summed E-state index contributed by atoms with van der Waals surface area (Å²) in [5.74, 6) is -0.407. The van der Waals surface area contributed by atoms with Gasteiger partial charge in [0.2, 0.25) is 6.29 Å². The first kappa shape index (κ1) is 34.7. The SMILES string of the molecule is C=CCN(C(=O)O[C@@H]1O[C@@H](C)[C@H](OC)[C@@H](OCC)[C@H]1OC)c1ccc(-c2ncn(-c3ccc(OC(F)(F)C(F)(F)F)cc3)n2)cc1. The van der Waals surface area contributed by atoms with Crippen LogP contribution in [0.15, 0.2) is 67.5 Å². The van der Waals surface area contributed by atoms with Crippen molar-refractivity contribution in [3.8, 4) is 22.8 Å². The van der Waals surface area contributed by atoms with E-state index in [-0.39, 0.29) is 12.4 Å². The summed E-state index contributed by atoms with van der Waals surface area (Å²) >= 11 is 0. The number of carbonyl (C=O) groups is 1. The van der Waals surface area contributed by atoms with Gasteiger partial charge in [0.1, 0.15) is 30.4 Å². The molecule has 2 heterocycles. The zero-order valence-electron chi connectivity index (χ0n) is 25.3. The van der Waals surface area contributed by atoms with Crippen LogP contribution in [-0.4, -0.2) is 91.2 Å². The first-order chi connectivity index (χ1) is 21.8. The summed E-state index contributed by atoms with van der Waals surface area (Å²) in [6.45, 7) is 7.83. The van der Waals surface area contributed by atoms with Crippen molar-refractivity contribution >= 4 is 11.8 Å². The van der Waals surface area contributed by atoms with Gasteiger partial charge in [0.25, 0.3) is 0 Å². The molecular weight excluding hydrogens is 623 g/mol. The van der Waals surface area contributed by atoms with E-state index in [1.807, 2.05) is 6.92 Å². The Bertz CT molecular complexity index is 1450. The topological polar surface area (TPSA) is 106 Å². The highest BCUT2D eigenvalue weighted by atomic mass is 19.4. The van der Waals surface area contributed by atoms with E-state index >= 15 is 0 Å². The number of carbonyl (C=O) groups excluding carboxylic acids is 1. The Labute approximate surface area is 261 Å². The van der Waals surface area contributed by atoms with Crippen LogP contribution < -0.4 is 9.64 Å². The summed E-state index contributed by atoms with van der Waals surface area (Å²) in [6.07, 6.45) is -12.4. The zero-order valence-corrected chi connectivity index (χ0v) is 25.3. The van der Waals surface area contributed by atoms with Gasteiger partial charge in [-0.05, 0) is 62.4 Å². The Morgan fingerprint density at radius 3 is 2.24 bits per heavy atom. The number of benzene rings is 2. The standard InChI is InChI=1S/C30H33F5N4O7/c1-6-16-38(28(40)45-27-25(42-5)24(43-7-2)23(41-4)18(3)44-27)20-10-8-19(9-11-20)26-36-17-39(37-26)21-12-14-22(15-13-21)46-30(34,35)29(31,32)33/h6,8-15,17-18,23-25,27H,1,7,16H2,2-5H3/t18-,23-,24+,25+,27-/m0/s1. The number of methoxy groups -OCH3 is 2. The fourth-order valence-electron chi connectivity index (χ4n) is 4.78. The van der Waals surface area contributed by atoms with Crippen LogP contribution in [0.25, 0.3) is 17.1 Å². The lowest BCUT2D eigenvalue weighted by atomic mass is 9.99. The van der Waals surface area contributed by atoms with Crippen molar-refractivity contribution < 1.29 is 55.2 Å². The molecule has 1 saturated heterocycles. The number of hydrogen-bond donors (Lipinski definition) is 0. The second kappa shape index (κ2) is 14.5. The zero-order chi connectivity index (χ0) is 33.6. The lowest BCUT2D eigenvalue weighted by molar-refractivity contribution is -0.360. The normalized spacial score (nSPS) is 21.9. The largest absolute Gasteiger partial charge is 0.499 e. The van der Waals surface area contributed by atoms with Crippen molar-refractivity contribution in [1.82, 2.24) is 14.8 Å². The minimum atomic E-state index is -5.86. The maximum atomic E-state index is 13.4. The van der Waals surface area contributed by atoms with Crippen LogP contribution in [0.2, 0.25) is 0 Å². The van der Waals surface area contributed by atoms with Crippen molar-refractivity contribution in [3.63, 3.8) is 0 Å². The molecule has 0 bridgehead atoms. The van der Waals surface area contributed by atoms with Gasteiger partial charge in [0.15, 0.2) is 5.82 Å². The average molecular weight is 657 g/mol. The highest BCUT2D eigenvalue weighted by Gasteiger charge is 2.61. The van der Waals surface area contributed by atoms with Gasteiger partial charge in [-0.1, -0.05) is 6.08 Å². The van der Waals surface area contributed by atoms with E-state index in [4.69, 9.17) is 23.7 Å². The Hall–Kier alpha value is -4.12. The number of amides is 1. The molecule has 2 aromatic carbocycles. The molecule has 1 fully saturated rings. The van der Waals surface area contributed by atoms with E-state index in [0.717, 1.165) is 12.1 Å². The van der Waals surface area contributed by atoms with Crippen molar-refractivity contribution in [1.29, 1.82) is 0 Å². The fourth-order valence-corrected chi connectivity index (χ4v) is 4.78. The van der Waals surface area contributed by atoms with Crippen LogP contribution >= 0.6 is 0 Å². The number of anilines is 1. The van der Waals surface area contributed by atoms with E-state index < -0.39 is 54.8 Å². The summed E-state index contributed by atoms with van der Waals surface area (Å²) in [4.78, 5) is 18.9. The minimum absolute atomic E-state index is 0.106. The first-order valence-electron chi connectivity index (χ1n) is 14.0. The Morgan fingerprint density at radius 2 is 1.67 bits per heavy atom. The molecule has 1 aromatic heterocycles. The molecule has 4 rings (SSSR count). The third-order valence-corrected chi connectivity index (χ3v) is 6.99. The highest BCUT2D eigenvalue weighted by molar-refractivity contribution is 5.88. The monoisotopic (exact) mass is 656 g/mol. The number of alkyl halides is 5. The number of rotatable bonds is 12. The molecule has 16 heteroatoms. The second-order valence-electron chi connectivity index (χ2n) is 9.98. The molecule has 0 spiro atoms. The van der Waals surface area contributed by atoms with Gasteiger partial charge in [0, 0.05) is 38.6 Å². The number of nitrogens with zero attached hydrogens (tertiary/aromatic N) is 4. The first-order valence-corrected chi connectivity index (χ1v) is 14.0. The summed E-state index contributed by atoms with van der Waals surface area (Å²) in [7, 11) is 3.00. The van der Waals surface area contributed by atoms with E-state index in [0.29, 0.717) is 23.5 Å². The van der Waals surface area contributed by atoms with Crippen LogP contribution in [0.1, 0.15) is 13.8 Å². The molecule has 3 aromatic rings. The number of halogens is 5. The maximum Gasteiger partial charge on any atom is 0.499 e. The van der Waals surface area contributed by atoms with E-state index in [1.165, 1.54) is 48.3 Å². The van der Waals surface area contributed by atoms with Gasteiger partial charge in [-0.2, -0.15) is 22.0 Å². The molecule has 0 saturated carbocycles. The molecule has 0 unspecified atom stereocenters. The van der Waals surface area contributed by atoms with Crippen molar-refractivity contribution in [3.05, 3.63) is 67.5 Å². The van der Waals surface area contributed by atoms with Crippen LogP contribution in [-0.2, 0) is 23.7 Å². The summed E-state index contributed by atoms with van der Waals surface area (Å²) in [6, 6.07) is 11.0. The van der Waals surface area contributed by atoms with Crippen LogP contribution in [0.4, 0.5) is 32.4 Å². The number of ether oxygens (including phenoxy) is 6. The maximum absolute atomic E-state index is 13.4. The molecule has 11 nitrogen and oxygen atoms in total. The van der Waals surface area contributed by atoms with Gasteiger partial charge < -0.3 is 28.4 Å². The van der Waals surface area contributed by atoms with Crippen LogP contribution in [0.5, 0.6) is 5.75 Å². The molecule has 1 amide bonds. The number of aromatic nitrogens is 3. The van der Waals surface area contributed by atoms with Gasteiger partial charge in [-0.3, -0.25) is 4.90 Å². The third kappa shape index (κ3) is 7.63. The van der Waals surface area contributed by atoms with Crippen molar-refractivity contribution in [2.24, 2.45) is 0 Å². The highest BCUT2D eigenvalue weighted by Crippen LogP contribution is 2.37. The van der Waals surface area contributed by atoms with Crippen LogP contribution in [0.3, 0.4) is 0 Å². The van der Waals surface area contributed by atoms with E-state index in [9.17, 15) is 26.7 Å². The van der Waals surface area contributed by atoms with Gasteiger partial charge in [-0.25, -0.2) is 14.5 Å². The number of hydrogen-bond acceptors (Lipinski definition) is 9. The van der Waals surface area contributed by atoms with E-state index in [1.54, 1.807) is 31.2 Å². The lowest BCUT2D eigenvalue weighted by Gasteiger charge is -2.43. The second-order valence-corrected chi connectivity index (χ2v) is 9.98. The van der Waals surface area contributed by atoms with Crippen molar-refractivity contribution in [2.75, 3.05) is 32.3 Å². The third-order valence-electron chi connectivity index (χ3n) is 6.99. The summed E-state index contributed by atoms with van der Waals surface area (Å²) in [5.41, 5.74) is 1.36. The predicted molar refractivity (Wildman–Crippen MR) is 154 cm³/mol. The molecule has 1 aliphatic heterocycles. The molecule has 250 valence electrons. The Kier molecular flexibility index (Phi) is 11.0. The molecule has 0 N–H and O–H groups in total. The average Bonchev–Trinajstić information content (AvgIpc) is 3.50. The molecule has 1 aliphatic rings. The smallest absolute Gasteiger partial charge is 0.426 e. The van der Waals surface area contributed by atoms with Crippen LogP contribution in [0, 0.1) is 0 Å². The molecule has 0 radical (unpaired) electrons. The van der Waals surface area contributed by atoms with Gasteiger partial charge in [-0.15, -0.1) is 11.7 Å². The lowest BCUT2D eigenvalue weighted by Crippen LogP contribution is -2.60. The van der Waals surface area contributed by atoms with E-state index in [2.05, 4.69) is 21.4 Å². The van der Waals surface area contributed by atoms with Gasteiger partial charge in [0.05, 0.1) is 11.8 Å².